The first-order valence-electron chi connectivity index (χ1n) is 5.86. The Bertz CT molecular complexity index is 484. The summed E-state index contributed by atoms with van der Waals surface area (Å²) >= 11 is 8.85. The van der Waals surface area contributed by atoms with Crippen molar-refractivity contribution in [1.82, 2.24) is 0 Å². The van der Waals surface area contributed by atoms with Gasteiger partial charge in [0, 0.05) is 4.47 Å². The molecule has 1 fully saturated rings. The molecule has 0 unspecified atom stereocenters. The Morgan fingerprint density at radius 2 is 1.94 bits per heavy atom. The molecule has 1 aliphatic carbocycles. The summed E-state index contributed by atoms with van der Waals surface area (Å²) in [7, 11) is 0. The van der Waals surface area contributed by atoms with Crippen LogP contribution in [0.3, 0.4) is 0 Å². The van der Waals surface area contributed by atoms with Gasteiger partial charge in [0.1, 0.15) is 5.60 Å². The van der Waals surface area contributed by atoms with Crippen molar-refractivity contribution in [3.63, 3.8) is 0 Å². The predicted molar refractivity (Wildman–Crippen MR) is 71.5 cm³/mol. The van der Waals surface area contributed by atoms with E-state index in [0.29, 0.717) is 17.3 Å². The first-order valence-corrected chi connectivity index (χ1v) is 7.03. The predicted octanol–water partition coefficient (Wildman–Crippen LogP) is 4.12. The third-order valence-corrected chi connectivity index (χ3v) is 4.64. The maximum absolute atomic E-state index is 13.9. The van der Waals surface area contributed by atoms with Crippen LogP contribution in [0.2, 0.25) is 5.02 Å². The van der Waals surface area contributed by atoms with Crippen molar-refractivity contribution in [3.05, 3.63) is 33.0 Å². The minimum Gasteiger partial charge on any atom is -0.382 e. The second-order valence-corrected chi connectivity index (χ2v) is 5.88. The smallest absolute Gasteiger partial charge is 0.197 e. The van der Waals surface area contributed by atoms with Crippen LogP contribution in [-0.2, 0) is 0 Å². The van der Waals surface area contributed by atoms with Crippen LogP contribution in [0.5, 0.6) is 0 Å². The molecular formula is C13H13BrClFO2. The molecule has 2 nitrogen and oxygen atoms in total. The fourth-order valence-corrected chi connectivity index (χ4v) is 2.79. The Kier molecular flexibility index (Phi) is 4.09. The van der Waals surface area contributed by atoms with Crippen molar-refractivity contribution in [1.29, 1.82) is 0 Å². The number of rotatable bonds is 2. The number of hydrogen-bond donors (Lipinski definition) is 1. The van der Waals surface area contributed by atoms with Gasteiger partial charge in [-0.05, 0) is 40.9 Å². The van der Waals surface area contributed by atoms with Crippen LogP contribution in [0.25, 0.3) is 0 Å². The Morgan fingerprint density at radius 3 is 2.56 bits per heavy atom. The molecule has 0 bridgehead atoms. The molecule has 1 N–H and O–H groups in total. The molecule has 0 amide bonds. The molecular weight excluding hydrogens is 322 g/mol. The number of carbonyl (C=O) groups is 1. The number of carbonyl (C=O) groups excluding carboxylic acids is 1. The molecule has 98 valence electrons. The number of hydrogen-bond acceptors (Lipinski definition) is 2. The van der Waals surface area contributed by atoms with Gasteiger partial charge < -0.3 is 5.11 Å². The summed E-state index contributed by atoms with van der Waals surface area (Å²) < 4.78 is 14.3. The minimum atomic E-state index is -1.43. The molecule has 1 aromatic rings. The quantitative estimate of drug-likeness (QED) is 0.652. The molecule has 1 saturated carbocycles. The molecule has 5 heteroatoms. The summed E-state index contributed by atoms with van der Waals surface area (Å²) in [5.41, 5.74) is -1.57. The molecule has 0 aromatic heterocycles. The maximum atomic E-state index is 13.9. The molecule has 1 aliphatic rings. The summed E-state index contributed by atoms with van der Waals surface area (Å²) in [5.74, 6) is -1.33. The van der Waals surface area contributed by atoms with Crippen molar-refractivity contribution in [3.8, 4) is 0 Å². The zero-order valence-electron chi connectivity index (χ0n) is 9.68. The number of aliphatic hydroxyl groups is 1. The average molecular weight is 336 g/mol. The van der Waals surface area contributed by atoms with Gasteiger partial charge in [0.25, 0.3) is 0 Å². The van der Waals surface area contributed by atoms with Crippen molar-refractivity contribution in [2.24, 2.45) is 0 Å². The second-order valence-electron chi connectivity index (χ2n) is 4.64. The maximum Gasteiger partial charge on any atom is 0.197 e. The number of halogens is 3. The standard InChI is InChI=1S/C13H13BrClFO2/c14-9-5-4-8(11(16)10(9)15)12(17)13(18)6-2-1-3-7-13/h4-5,18H,1-3,6-7H2. The van der Waals surface area contributed by atoms with Gasteiger partial charge >= 0.3 is 0 Å². The molecule has 0 saturated heterocycles. The zero-order valence-corrected chi connectivity index (χ0v) is 12.0. The van der Waals surface area contributed by atoms with Crippen molar-refractivity contribution in [2.45, 2.75) is 37.7 Å². The van der Waals surface area contributed by atoms with Gasteiger partial charge in [-0.3, -0.25) is 4.79 Å². The van der Waals surface area contributed by atoms with Gasteiger partial charge in [0.05, 0.1) is 10.6 Å². The third-order valence-electron chi connectivity index (χ3n) is 3.38. The van der Waals surface area contributed by atoms with Crippen molar-refractivity contribution in [2.75, 3.05) is 0 Å². The van der Waals surface area contributed by atoms with E-state index in [9.17, 15) is 14.3 Å². The SMILES string of the molecule is O=C(c1ccc(Br)c(Cl)c1F)C1(O)CCCCC1. The van der Waals surface area contributed by atoms with E-state index < -0.39 is 17.2 Å². The largest absolute Gasteiger partial charge is 0.382 e. The molecule has 0 radical (unpaired) electrons. The van der Waals surface area contributed by atoms with E-state index in [-0.39, 0.29) is 10.6 Å². The Hall–Kier alpha value is -0.450. The van der Waals surface area contributed by atoms with Crippen molar-refractivity contribution < 1.29 is 14.3 Å². The van der Waals surface area contributed by atoms with E-state index >= 15 is 0 Å². The van der Waals surface area contributed by atoms with Gasteiger partial charge in [-0.25, -0.2) is 4.39 Å². The average Bonchev–Trinajstić information content (AvgIpc) is 2.36. The minimum absolute atomic E-state index is 0.125. The monoisotopic (exact) mass is 334 g/mol. The first kappa shape index (κ1) is 14.0. The van der Waals surface area contributed by atoms with E-state index in [4.69, 9.17) is 11.6 Å². The summed E-state index contributed by atoms with van der Waals surface area (Å²) in [5, 5.41) is 10.2. The van der Waals surface area contributed by atoms with Gasteiger partial charge in [-0.1, -0.05) is 30.9 Å². The number of ketones is 1. The molecule has 0 atom stereocenters. The lowest BCUT2D eigenvalue weighted by molar-refractivity contribution is 0.0112. The van der Waals surface area contributed by atoms with E-state index in [0.717, 1.165) is 19.3 Å². The number of benzene rings is 1. The highest BCUT2D eigenvalue weighted by Gasteiger charge is 2.39. The normalized spacial score (nSPS) is 18.7. The van der Waals surface area contributed by atoms with Gasteiger partial charge in [-0.15, -0.1) is 0 Å². The molecule has 0 spiro atoms. The molecule has 0 heterocycles. The summed E-state index contributed by atoms with van der Waals surface area (Å²) in [6.45, 7) is 0. The molecule has 2 rings (SSSR count). The second kappa shape index (κ2) is 5.27. The van der Waals surface area contributed by atoms with Crippen LogP contribution >= 0.6 is 27.5 Å². The van der Waals surface area contributed by atoms with Crippen molar-refractivity contribution >= 4 is 33.3 Å². The van der Waals surface area contributed by atoms with E-state index in [1.807, 2.05) is 0 Å². The molecule has 0 aliphatic heterocycles. The fourth-order valence-electron chi connectivity index (χ4n) is 2.32. The first-order chi connectivity index (χ1) is 8.46. The van der Waals surface area contributed by atoms with Crippen LogP contribution < -0.4 is 0 Å². The van der Waals surface area contributed by atoms with Gasteiger partial charge in [0.15, 0.2) is 11.6 Å². The van der Waals surface area contributed by atoms with Gasteiger partial charge in [0.2, 0.25) is 0 Å². The molecule has 18 heavy (non-hydrogen) atoms. The third kappa shape index (κ3) is 2.46. The van der Waals surface area contributed by atoms with Gasteiger partial charge in [-0.2, -0.15) is 0 Å². The highest BCUT2D eigenvalue weighted by Crippen LogP contribution is 2.34. The molecule has 1 aromatic carbocycles. The van der Waals surface area contributed by atoms with Crippen LogP contribution in [0.15, 0.2) is 16.6 Å². The topological polar surface area (TPSA) is 37.3 Å². The fraction of sp³-hybridized carbons (Fsp3) is 0.462. The lowest BCUT2D eigenvalue weighted by atomic mass is 9.79. The highest BCUT2D eigenvalue weighted by molar-refractivity contribution is 9.10. The lowest BCUT2D eigenvalue weighted by Gasteiger charge is -2.30. The Labute approximate surface area is 118 Å². The summed E-state index contributed by atoms with van der Waals surface area (Å²) in [6, 6.07) is 2.88. The van der Waals surface area contributed by atoms with Crippen LogP contribution in [0, 0.1) is 5.82 Å². The zero-order chi connectivity index (χ0) is 13.3. The van der Waals surface area contributed by atoms with Crippen LogP contribution in [0.1, 0.15) is 42.5 Å². The van der Waals surface area contributed by atoms with E-state index in [1.54, 1.807) is 0 Å². The van der Waals surface area contributed by atoms with E-state index in [1.165, 1.54) is 12.1 Å². The summed E-state index contributed by atoms with van der Waals surface area (Å²) in [6.07, 6.45) is 3.35. The van der Waals surface area contributed by atoms with Crippen LogP contribution in [0.4, 0.5) is 4.39 Å². The highest BCUT2D eigenvalue weighted by atomic mass is 79.9. The Balaban J connectivity index is 2.37. The lowest BCUT2D eigenvalue weighted by Crippen LogP contribution is -2.40. The number of Topliss-reactive ketones (excluding diaryl/α,β-unsaturated/α-hetero) is 1. The Morgan fingerprint density at radius 1 is 1.33 bits per heavy atom. The van der Waals surface area contributed by atoms with Crippen LogP contribution in [-0.4, -0.2) is 16.5 Å². The van der Waals surface area contributed by atoms with E-state index in [2.05, 4.69) is 15.9 Å². The summed E-state index contributed by atoms with van der Waals surface area (Å²) in [4.78, 5) is 12.2.